The van der Waals surface area contributed by atoms with Crippen LogP contribution in [-0.4, -0.2) is 48.7 Å². The Hall–Kier alpha value is -3.53. The first-order chi connectivity index (χ1) is 15.3. The van der Waals surface area contributed by atoms with Crippen LogP contribution in [0.5, 0.6) is 0 Å². The summed E-state index contributed by atoms with van der Waals surface area (Å²) < 4.78 is 36.9. The highest BCUT2D eigenvalue weighted by molar-refractivity contribution is 7.90. The number of carbonyl (C=O) groups excluding carboxylic acids is 2. The first kappa shape index (κ1) is 23.1. The molecule has 2 heterocycles. The van der Waals surface area contributed by atoms with Crippen molar-refractivity contribution in [1.82, 2.24) is 8.96 Å². The quantitative estimate of drug-likeness (QED) is 0.290. The zero-order chi connectivity index (χ0) is 23.3. The number of fused-ring (bicyclic) bond motifs is 1. The van der Waals surface area contributed by atoms with E-state index >= 15 is 0 Å². The highest BCUT2D eigenvalue weighted by atomic mass is 32.2. The maximum atomic E-state index is 13.0. The second kappa shape index (κ2) is 9.73. The van der Waals surface area contributed by atoms with Gasteiger partial charge in [0.25, 0.3) is 10.0 Å². The van der Waals surface area contributed by atoms with Crippen molar-refractivity contribution in [2.75, 3.05) is 13.2 Å². The zero-order valence-electron chi connectivity index (χ0n) is 17.9. The van der Waals surface area contributed by atoms with Crippen molar-refractivity contribution in [2.45, 2.75) is 25.7 Å². The predicted molar refractivity (Wildman–Crippen MR) is 118 cm³/mol. The van der Waals surface area contributed by atoms with Crippen LogP contribution in [-0.2, 0) is 29.1 Å². The van der Waals surface area contributed by atoms with E-state index in [1.54, 1.807) is 50.2 Å². The van der Waals surface area contributed by atoms with Crippen molar-refractivity contribution >= 4 is 44.9 Å². The van der Waals surface area contributed by atoms with Gasteiger partial charge in [-0.15, -0.1) is 0 Å². The summed E-state index contributed by atoms with van der Waals surface area (Å²) in [5.74, 6) is -2.84. The van der Waals surface area contributed by atoms with Crippen molar-refractivity contribution in [2.24, 2.45) is 10.9 Å². The van der Waals surface area contributed by atoms with Crippen LogP contribution in [0.3, 0.4) is 0 Å². The number of rotatable bonds is 8. The molecule has 0 saturated carbocycles. The van der Waals surface area contributed by atoms with E-state index in [-0.39, 0.29) is 23.8 Å². The molecule has 0 saturated heterocycles. The number of ether oxygens (including phenoxy) is 2. The van der Waals surface area contributed by atoms with Gasteiger partial charge in [-0.05, 0) is 45.0 Å². The molecule has 10 heteroatoms. The number of nitrogens with zero attached hydrogens (tertiary/aromatic N) is 3. The van der Waals surface area contributed by atoms with Crippen molar-refractivity contribution in [3.63, 3.8) is 0 Å². The molecular weight excluding hydrogens is 434 g/mol. The summed E-state index contributed by atoms with van der Waals surface area (Å²) in [6.45, 7) is 5.35. The molecule has 1 aromatic carbocycles. The van der Waals surface area contributed by atoms with E-state index < -0.39 is 27.9 Å². The molecule has 9 nitrogen and oxygen atoms in total. The fourth-order valence-corrected chi connectivity index (χ4v) is 4.23. The fraction of sp³-hybridized carbons (Fsp3) is 0.273. The average molecular weight is 458 g/mol. The van der Waals surface area contributed by atoms with Gasteiger partial charge >= 0.3 is 11.9 Å². The summed E-state index contributed by atoms with van der Waals surface area (Å²) in [7, 11) is -3.82. The van der Waals surface area contributed by atoms with Gasteiger partial charge in [-0.25, -0.2) is 17.4 Å². The average Bonchev–Trinajstić information content (AvgIpc) is 3.19. The molecule has 0 amide bonds. The lowest BCUT2D eigenvalue weighted by Crippen LogP contribution is -2.29. The molecule has 32 heavy (non-hydrogen) atoms. The maximum Gasteiger partial charge on any atom is 0.325 e. The lowest BCUT2D eigenvalue weighted by Gasteiger charge is -2.10. The summed E-state index contributed by atoms with van der Waals surface area (Å²) in [6.07, 6.45) is 3.91. The van der Waals surface area contributed by atoms with Crippen LogP contribution in [0.4, 0.5) is 5.69 Å². The largest absolute Gasteiger partial charge is 0.465 e. The number of aromatic nitrogens is 2. The summed E-state index contributed by atoms with van der Waals surface area (Å²) in [6, 6.07) is 9.74. The molecule has 0 fully saturated rings. The lowest BCUT2D eigenvalue weighted by molar-refractivity contribution is -0.157. The molecule has 2 aromatic heterocycles. The van der Waals surface area contributed by atoms with E-state index in [2.05, 4.69) is 9.98 Å². The van der Waals surface area contributed by atoms with Crippen LogP contribution >= 0.6 is 0 Å². The number of hydrogen-bond acceptors (Lipinski definition) is 8. The Bertz CT molecular complexity index is 1240. The van der Waals surface area contributed by atoms with Gasteiger partial charge < -0.3 is 9.47 Å². The van der Waals surface area contributed by atoms with Crippen LogP contribution in [0.1, 0.15) is 19.4 Å². The van der Waals surface area contributed by atoms with E-state index in [0.29, 0.717) is 11.1 Å². The Labute approximate surface area is 185 Å². The molecule has 0 aliphatic heterocycles. The molecule has 3 aromatic rings. The number of aliphatic imine (C=N–C) groups is 1. The smallest absolute Gasteiger partial charge is 0.325 e. The molecule has 3 rings (SSSR count). The van der Waals surface area contributed by atoms with Gasteiger partial charge in [0.2, 0.25) is 0 Å². The minimum atomic E-state index is -3.82. The first-order valence-electron chi connectivity index (χ1n) is 9.94. The summed E-state index contributed by atoms with van der Waals surface area (Å²) >= 11 is 0. The van der Waals surface area contributed by atoms with Gasteiger partial charge in [0.15, 0.2) is 11.6 Å². The van der Waals surface area contributed by atoms with E-state index in [4.69, 9.17) is 9.47 Å². The second-order valence-corrected chi connectivity index (χ2v) is 8.61. The van der Waals surface area contributed by atoms with E-state index in [1.807, 2.05) is 6.92 Å². The lowest BCUT2D eigenvalue weighted by atomic mass is 10.1. The molecular formula is C22H23N3O6S. The summed E-state index contributed by atoms with van der Waals surface area (Å²) in [4.78, 5) is 32.7. The number of pyridine rings is 1. The number of esters is 2. The minimum absolute atomic E-state index is 0.110. The molecule has 0 spiro atoms. The molecule has 0 radical (unpaired) electrons. The number of aryl methyl sites for hydroxylation is 1. The highest BCUT2D eigenvalue weighted by Crippen LogP contribution is 2.24. The Morgan fingerprint density at radius 2 is 1.72 bits per heavy atom. The minimum Gasteiger partial charge on any atom is -0.465 e. The molecule has 168 valence electrons. The van der Waals surface area contributed by atoms with Crippen molar-refractivity contribution < 1.29 is 27.5 Å². The van der Waals surface area contributed by atoms with Crippen LogP contribution < -0.4 is 0 Å². The van der Waals surface area contributed by atoms with Crippen LogP contribution in [0.25, 0.3) is 11.0 Å². The van der Waals surface area contributed by atoms with Crippen LogP contribution in [0.15, 0.2) is 58.7 Å². The topological polar surface area (TPSA) is 117 Å². The third-order valence-corrected chi connectivity index (χ3v) is 6.19. The van der Waals surface area contributed by atoms with Gasteiger partial charge in [-0.2, -0.15) is 0 Å². The van der Waals surface area contributed by atoms with Crippen molar-refractivity contribution in [1.29, 1.82) is 0 Å². The summed E-state index contributed by atoms with van der Waals surface area (Å²) in [5, 5.41) is 0.527. The third-order valence-electron chi connectivity index (χ3n) is 4.51. The van der Waals surface area contributed by atoms with Gasteiger partial charge in [0, 0.05) is 17.8 Å². The van der Waals surface area contributed by atoms with Crippen molar-refractivity contribution in [3.05, 3.63) is 54.4 Å². The number of benzene rings is 1. The monoisotopic (exact) mass is 457 g/mol. The Morgan fingerprint density at radius 3 is 2.31 bits per heavy atom. The second-order valence-electron chi connectivity index (χ2n) is 6.80. The fourth-order valence-electron chi connectivity index (χ4n) is 2.92. The van der Waals surface area contributed by atoms with Crippen LogP contribution in [0, 0.1) is 12.8 Å². The normalized spacial score (nSPS) is 11.9. The SMILES string of the molecule is CCOC(=O)C(C=Nc1cnc2c(ccn2S(=O)(=O)c2ccc(C)cc2)c1)C(=O)OCC. The molecule has 0 atom stereocenters. The van der Waals surface area contributed by atoms with Gasteiger partial charge in [0.05, 0.1) is 30.0 Å². The Balaban J connectivity index is 1.92. The zero-order valence-corrected chi connectivity index (χ0v) is 18.7. The van der Waals surface area contributed by atoms with Crippen molar-refractivity contribution in [3.8, 4) is 0 Å². The predicted octanol–water partition coefficient (Wildman–Crippen LogP) is 3.03. The number of carbonyl (C=O) groups is 2. The number of hydrogen-bond donors (Lipinski definition) is 0. The molecule has 0 N–H and O–H groups in total. The van der Waals surface area contributed by atoms with Gasteiger partial charge in [-0.3, -0.25) is 14.6 Å². The Kier molecular flexibility index (Phi) is 7.04. The molecule has 0 aliphatic carbocycles. The first-order valence-corrected chi connectivity index (χ1v) is 11.4. The maximum absolute atomic E-state index is 13.0. The highest BCUT2D eigenvalue weighted by Gasteiger charge is 2.27. The van der Waals surface area contributed by atoms with Crippen LogP contribution in [0.2, 0.25) is 0 Å². The Morgan fingerprint density at radius 1 is 1.09 bits per heavy atom. The third kappa shape index (κ3) is 4.86. The summed E-state index contributed by atoms with van der Waals surface area (Å²) in [5.41, 5.74) is 1.52. The van der Waals surface area contributed by atoms with E-state index in [0.717, 1.165) is 15.8 Å². The van der Waals surface area contributed by atoms with E-state index in [9.17, 15) is 18.0 Å². The van der Waals surface area contributed by atoms with E-state index in [1.165, 1.54) is 12.4 Å². The standard InChI is InChI=1S/C22H23N3O6S/c1-4-30-21(26)19(22(27)31-5-2)14-23-17-12-16-10-11-25(20(16)24-13-17)32(28,29)18-8-6-15(3)7-9-18/h6-14,19H,4-5H2,1-3H3. The van der Waals surface area contributed by atoms with Gasteiger partial charge in [-0.1, -0.05) is 17.7 Å². The molecule has 0 unspecified atom stereocenters. The van der Waals surface area contributed by atoms with Gasteiger partial charge in [0.1, 0.15) is 0 Å². The molecule has 0 aliphatic rings. The molecule has 0 bridgehead atoms.